The fraction of sp³-hybridized carbons (Fsp3) is 0.167. The van der Waals surface area contributed by atoms with Crippen LogP contribution in [0.5, 0.6) is 5.75 Å². The molecule has 0 amide bonds. The van der Waals surface area contributed by atoms with Gasteiger partial charge < -0.3 is 14.9 Å². The third-order valence-electron chi connectivity index (χ3n) is 3.59. The van der Waals surface area contributed by atoms with Crippen molar-refractivity contribution in [3.8, 4) is 17.1 Å². The number of nitrogens with zero attached hydrogens (tertiary/aromatic N) is 1. The molecule has 23 heavy (non-hydrogen) atoms. The lowest BCUT2D eigenvalue weighted by Gasteiger charge is -2.08. The number of nitrogens with two attached hydrogens (primary N) is 1. The maximum absolute atomic E-state index is 6.18. The molecule has 0 radical (unpaired) electrons. The number of aromatic nitrogens is 1. The molecule has 0 aliphatic carbocycles. The van der Waals surface area contributed by atoms with E-state index in [2.05, 4.69) is 4.98 Å². The summed E-state index contributed by atoms with van der Waals surface area (Å²) < 4.78 is 11.0. The molecule has 0 fully saturated rings. The maximum Gasteiger partial charge on any atom is 0.137 e. The highest BCUT2D eigenvalue weighted by atomic mass is 35.5. The number of pyridine rings is 1. The lowest BCUT2D eigenvalue weighted by molar-refractivity contribution is 0.415. The lowest BCUT2D eigenvalue weighted by atomic mass is 10.1. The van der Waals surface area contributed by atoms with Gasteiger partial charge >= 0.3 is 0 Å². The van der Waals surface area contributed by atoms with E-state index in [0.29, 0.717) is 17.2 Å². The van der Waals surface area contributed by atoms with Crippen LogP contribution in [0.1, 0.15) is 17.5 Å². The average molecular weight is 329 g/mol. The van der Waals surface area contributed by atoms with Gasteiger partial charge in [-0.1, -0.05) is 17.7 Å². The Morgan fingerprint density at radius 3 is 2.78 bits per heavy atom. The highest BCUT2D eigenvalue weighted by Crippen LogP contribution is 2.31. The van der Waals surface area contributed by atoms with Crippen molar-refractivity contribution in [3.05, 3.63) is 71.2 Å². The van der Waals surface area contributed by atoms with E-state index in [4.69, 9.17) is 26.5 Å². The van der Waals surface area contributed by atoms with Gasteiger partial charge in [-0.25, -0.2) is 0 Å². The van der Waals surface area contributed by atoms with E-state index in [1.54, 1.807) is 13.3 Å². The Morgan fingerprint density at radius 1 is 1.22 bits per heavy atom. The summed E-state index contributed by atoms with van der Waals surface area (Å²) in [4.78, 5) is 4.27. The van der Waals surface area contributed by atoms with E-state index < -0.39 is 0 Å². The zero-order valence-corrected chi connectivity index (χ0v) is 13.5. The second-order valence-corrected chi connectivity index (χ2v) is 5.59. The molecule has 3 rings (SSSR count). The van der Waals surface area contributed by atoms with Crippen LogP contribution in [0.3, 0.4) is 0 Å². The highest BCUT2D eigenvalue weighted by molar-refractivity contribution is 6.32. The molecule has 0 saturated carbocycles. The van der Waals surface area contributed by atoms with Gasteiger partial charge in [0.25, 0.3) is 0 Å². The first-order chi connectivity index (χ1) is 11.2. The van der Waals surface area contributed by atoms with Gasteiger partial charge in [-0.2, -0.15) is 0 Å². The number of hydrogen-bond donors (Lipinski definition) is 1. The number of benzene rings is 1. The third-order valence-corrected chi connectivity index (χ3v) is 3.88. The fourth-order valence-electron chi connectivity index (χ4n) is 2.38. The van der Waals surface area contributed by atoms with Crippen molar-refractivity contribution < 1.29 is 9.15 Å². The Hall–Kier alpha value is -2.30. The van der Waals surface area contributed by atoms with Crippen LogP contribution in [0, 0.1) is 0 Å². The van der Waals surface area contributed by atoms with Crippen LogP contribution >= 0.6 is 11.6 Å². The zero-order valence-electron chi connectivity index (χ0n) is 12.7. The highest BCUT2D eigenvalue weighted by Gasteiger charge is 2.12. The van der Waals surface area contributed by atoms with Crippen molar-refractivity contribution in [2.24, 2.45) is 5.73 Å². The molecule has 1 atom stereocenters. The summed E-state index contributed by atoms with van der Waals surface area (Å²) in [6.45, 7) is 0. The van der Waals surface area contributed by atoms with Crippen LogP contribution in [-0.2, 0) is 6.42 Å². The van der Waals surface area contributed by atoms with Crippen LogP contribution in [-0.4, -0.2) is 12.1 Å². The second kappa shape index (κ2) is 6.86. The number of methoxy groups -OCH3 is 1. The quantitative estimate of drug-likeness (QED) is 0.760. The molecule has 0 bridgehead atoms. The maximum atomic E-state index is 6.18. The van der Waals surface area contributed by atoms with Gasteiger partial charge in [0.15, 0.2) is 0 Å². The number of hydrogen-bond acceptors (Lipinski definition) is 4. The molecule has 0 aliphatic rings. The Labute approximate surface area is 139 Å². The minimum atomic E-state index is -0.199. The minimum absolute atomic E-state index is 0.199. The molecule has 118 valence electrons. The predicted molar refractivity (Wildman–Crippen MR) is 90.6 cm³/mol. The van der Waals surface area contributed by atoms with Crippen molar-refractivity contribution in [3.63, 3.8) is 0 Å². The average Bonchev–Trinajstić information content (AvgIpc) is 3.04. The molecule has 0 saturated heterocycles. The summed E-state index contributed by atoms with van der Waals surface area (Å²) >= 11 is 6.16. The predicted octanol–water partition coefficient (Wildman–Crippen LogP) is 4.25. The van der Waals surface area contributed by atoms with Crippen LogP contribution in [0.2, 0.25) is 5.02 Å². The van der Waals surface area contributed by atoms with Crippen LogP contribution in [0.25, 0.3) is 11.3 Å². The largest absolute Gasteiger partial charge is 0.495 e. The van der Waals surface area contributed by atoms with Crippen molar-refractivity contribution in [2.75, 3.05) is 7.11 Å². The standard InChI is InChI=1S/C18H17ClN2O2/c1-22-18-7-5-12(10-14(18)19)17-8-6-13(23-17)11-15(20)16-4-2-3-9-21-16/h2-10,15H,11,20H2,1H3. The van der Waals surface area contributed by atoms with Crippen LogP contribution < -0.4 is 10.5 Å². The lowest BCUT2D eigenvalue weighted by Crippen LogP contribution is -2.14. The zero-order chi connectivity index (χ0) is 16.2. The van der Waals surface area contributed by atoms with E-state index in [9.17, 15) is 0 Å². The summed E-state index contributed by atoms with van der Waals surface area (Å²) in [7, 11) is 1.59. The van der Waals surface area contributed by atoms with Crippen molar-refractivity contribution >= 4 is 11.6 Å². The van der Waals surface area contributed by atoms with Crippen LogP contribution in [0.15, 0.2) is 59.1 Å². The Kier molecular flexibility index (Phi) is 4.65. The second-order valence-electron chi connectivity index (χ2n) is 5.18. The van der Waals surface area contributed by atoms with Gasteiger partial charge in [0, 0.05) is 18.2 Å². The normalized spacial score (nSPS) is 12.1. The summed E-state index contributed by atoms with van der Waals surface area (Å²) in [6, 6.07) is 14.9. The number of halogens is 1. The van der Waals surface area contributed by atoms with E-state index in [-0.39, 0.29) is 6.04 Å². The van der Waals surface area contributed by atoms with Gasteiger partial charge in [-0.15, -0.1) is 0 Å². The van der Waals surface area contributed by atoms with Crippen molar-refractivity contribution in [2.45, 2.75) is 12.5 Å². The topological polar surface area (TPSA) is 61.3 Å². The monoisotopic (exact) mass is 328 g/mol. The molecular formula is C18H17ClN2O2. The summed E-state index contributed by atoms with van der Waals surface area (Å²) in [5.41, 5.74) is 7.92. The SMILES string of the molecule is COc1ccc(-c2ccc(CC(N)c3ccccn3)o2)cc1Cl. The molecule has 5 heteroatoms. The first-order valence-electron chi connectivity index (χ1n) is 7.26. The minimum Gasteiger partial charge on any atom is -0.495 e. The van der Waals surface area contributed by atoms with Gasteiger partial charge in [-0.05, 0) is 42.5 Å². The van der Waals surface area contributed by atoms with Gasteiger partial charge in [0.05, 0.1) is 23.9 Å². The number of furan rings is 1. The molecule has 1 unspecified atom stereocenters. The molecule has 2 aromatic heterocycles. The first kappa shape index (κ1) is 15.6. The van der Waals surface area contributed by atoms with Gasteiger partial charge in [0.1, 0.15) is 17.3 Å². The molecule has 2 heterocycles. The van der Waals surface area contributed by atoms with E-state index in [1.165, 1.54) is 0 Å². The molecular weight excluding hydrogens is 312 g/mol. The Morgan fingerprint density at radius 2 is 2.09 bits per heavy atom. The number of rotatable bonds is 5. The van der Waals surface area contributed by atoms with Crippen LogP contribution in [0.4, 0.5) is 0 Å². The first-order valence-corrected chi connectivity index (χ1v) is 7.64. The van der Waals surface area contributed by atoms with E-state index in [0.717, 1.165) is 22.8 Å². The molecule has 2 N–H and O–H groups in total. The fourth-order valence-corrected chi connectivity index (χ4v) is 2.64. The summed E-state index contributed by atoms with van der Waals surface area (Å²) in [5, 5.41) is 0.549. The Bertz CT molecular complexity index is 787. The van der Waals surface area contributed by atoms with E-state index >= 15 is 0 Å². The number of ether oxygens (including phenoxy) is 1. The van der Waals surface area contributed by atoms with Gasteiger partial charge in [0.2, 0.25) is 0 Å². The third kappa shape index (κ3) is 3.55. The van der Waals surface area contributed by atoms with E-state index in [1.807, 2.05) is 48.5 Å². The smallest absolute Gasteiger partial charge is 0.137 e. The van der Waals surface area contributed by atoms with Crippen molar-refractivity contribution in [1.29, 1.82) is 0 Å². The Balaban J connectivity index is 1.77. The summed E-state index contributed by atoms with van der Waals surface area (Å²) in [6.07, 6.45) is 2.32. The molecule has 4 nitrogen and oxygen atoms in total. The molecule has 1 aromatic carbocycles. The molecule has 0 spiro atoms. The van der Waals surface area contributed by atoms with Gasteiger partial charge in [-0.3, -0.25) is 4.98 Å². The summed E-state index contributed by atoms with van der Waals surface area (Å²) in [5.74, 6) is 2.20. The molecule has 3 aromatic rings. The molecule has 0 aliphatic heterocycles. The van der Waals surface area contributed by atoms with Crippen molar-refractivity contribution in [1.82, 2.24) is 4.98 Å².